The van der Waals surface area contributed by atoms with E-state index in [2.05, 4.69) is 17.5 Å². The molecule has 0 aromatic heterocycles. The third-order valence-corrected chi connectivity index (χ3v) is 3.55. The zero-order chi connectivity index (χ0) is 14.9. The fraction of sp³-hybridized carbons (Fsp3) is 0.385. The molecular formula is C13H13F3N2OS. The van der Waals surface area contributed by atoms with Gasteiger partial charge in [-0.2, -0.15) is 13.2 Å². The molecule has 0 spiro atoms. The van der Waals surface area contributed by atoms with Crippen molar-refractivity contribution in [3.63, 3.8) is 0 Å². The van der Waals surface area contributed by atoms with Gasteiger partial charge in [0.25, 0.3) is 0 Å². The Balaban J connectivity index is 2.27. The second-order valence-corrected chi connectivity index (χ2v) is 5.18. The first-order valence-corrected chi connectivity index (χ1v) is 6.52. The Morgan fingerprint density at radius 1 is 1.35 bits per heavy atom. The van der Waals surface area contributed by atoms with Crippen LogP contribution in [0.2, 0.25) is 0 Å². The first-order valence-electron chi connectivity index (χ1n) is 6.11. The van der Waals surface area contributed by atoms with Gasteiger partial charge in [-0.05, 0) is 31.0 Å². The van der Waals surface area contributed by atoms with Crippen LogP contribution in [0.1, 0.15) is 30.4 Å². The van der Waals surface area contributed by atoms with Crippen molar-refractivity contribution in [3.05, 3.63) is 29.3 Å². The van der Waals surface area contributed by atoms with Gasteiger partial charge in [-0.1, -0.05) is 18.6 Å². The smallest absolute Gasteiger partial charge is 0.389 e. The summed E-state index contributed by atoms with van der Waals surface area (Å²) in [7, 11) is 0. The fourth-order valence-corrected chi connectivity index (χ4v) is 2.16. The van der Waals surface area contributed by atoms with Gasteiger partial charge < -0.3 is 11.1 Å². The highest BCUT2D eigenvalue weighted by Crippen LogP contribution is 2.34. The van der Waals surface area contributed by atoms with Crippen molar-refractivity contribution in [3.8, 4) is 0 Å². The lowest BCUT2D eigenvalue weighted by Crippen LogP contribution is -2.28. The van der Waals surface area contributed by atoms with Crippen molar-refractivity contribution in [2.75, 3.05) is 5.32 Å². The molecule has 2 rings (SSSR count). The normalized spacial score (nSPS) is 15.6. The van der Waals surface area contributed by atoms with Crippen molar-refractivity contribution in [2.45, 2.75) is 25.4 Å². The first-order chi connectivity index (χ1) is 9.29. The second-order valence-electron chi connectivity index (χ2n) is 4.74. The minimum absolute atomic E-state index is 0.0976. The molecule has 0 radical (unpaired) electrons. The number of alkyl halides is 3. The number of nitrogens with two attached hydrogens (primary N) is 1. The number of thiocarbonyl (C=S) groups is 1. The highest BCUT2D eigenvalue weighted by molar-refractivity contribution is 7.80. The molecule has 0 aliphatic heterocycles. The van der Waals surface area contributed by atoms with Gasteiger partial charge in [0.15, 0.2) is 0 Å². The lowest BCUT2D eigenvalue weighted by molar-refractivity contribution is -0.137. The molecule has 0 unspecified atom stereocenters. The van der Waals surface area contributed by atoms with Crippen molar-refractivity contribution >= 4 is 28.8 Å². The molecule has 1 amide bonds. The number of halogens is 3. The van der Waals surface area contributed by atoms with Gasteiger partial charge >= 0.3 is 6.18 Å². The van der Waals surface area contributed by atoms with Gasteiger partial charge in [0.2, 0.25) is 5.91 Å². The third-order valence-electron chi connectivity index (χ3n) is 3.33. The van der Waals surface area contributed by atoms with Crippen LogP contribution in [0.25, 0.3) is 0 Å². The Morgan fingerprint density at radius 3 is 2.45 bits per heavy atom. The van der Waals surface area contributed by atoms with Gasteiger partial charge in [0, 0.05) is 17.2 Å². The van der Waals surface area contributed by atoms with Crippen LogP contribution in [0.15, 0.2) is 18.2 Å². The maximum absolute atomic E-state index is 12.9. The Bertz CT molecular complexity index is 553. The van der Waals surface area contributed by atoms with Crippen molar-refractivity contribution in [1.29, 1.82) is 0 Å². The molecule has 108 valence electrons. The molecule has 1 saturated carbocycles. The maximum atomic E-state index is 12.9. The zero-order valence-electron chi connectivity index (χ0n) is 10.5. The number of anilines is 1. The van der Waals surface area contributed by atoms with Crippen LogP contribution in [-0.4, -0.2) is 10.9 Å². The van der Waals surface area contributed by atoms with Gasteiger partial charge in [-0.3, -0.25) is 4.79 Å². The monoisotopic (exact) mass is 302 g/mol. The van der Waals surface area contributed by atoms with E-state index in [1.807, 2.05) is 0 Å². The van der Waals surface area contributed by atoms with Crippen LogP contribution >= 0.6 is 12.2 Å². The van der Waals surface area contributed by atoms with Crippen LogP contribution in [0, 0.1) is 5.92 Å². The molecule has 1 aromatic rings. The van der Waals surface area contributed by atoms with E-state index in [1.165, 1.54) is 12.1 Å². The summed E-state index contributed by atoms with van der Waals surface area (Å²) in [6.45, 7) is 0. The molecule has 20 heavy (non-hydrogen) atoms. The van der Waals surface area contributed by atoms with Gasteiger partial charge in [0.1, 0.15) is 4.99 Å². The van der Waals surface area contributed by atoms with Gasteiger partial charge in [-0.15, -0.1) is 0 Å². The standard InChI is InChI=1S/C13H13F3N2OS/c14-13(15,16)10-6-8(4-5-9(10)11(17)20)18-12(19)7-2-1-3-7/h4-7H,1-3H2,(H2,17,20)(H,18,19). The quantitative estimate of drug-likeness (QED) is 0.844. The van der Waals surface area contributed by atoms with E-state index in [0.717, 1.165) is 25.3 Å². The number of rotatable bonds is 3. The highest BCUT2D eigenvalue weighted by Gasteiger charge is 2.34. The van der Waals surface area contributed by atoms with E-state index in [4.69, 9.17) is 5.73 Å². The van der Waals surface area contributed by atoms with E-state index in [-0.39, 0.29) is 28.1 Å². The predicted octanol–water partition coefficient (Wildman–Crippen LogP) is 3.08. The summed E-state index contributed by atoms with van der Waals surface area (Å²) in [6.07, 6.45) is -2.03. The predicted molar refractivity (Wildman–Crippen MR) is 73.3 cm³/mol. The van der Waals surface area contributed by atoms with Gasteiger partial charge in [0.05, 0.1) is 5.56 Å². The topological polar surface area (TPSA) is 55.1 Å². The largest absolute Gasteiger partial charge is 0.417 e. The zero-order valence-corrected chi connectivity index (χ0v) is 11.3. The summed E-state index contributed by atoms with van der Waals surface area (Å²) in [6, 6.07) is 3.42. The molecule has 1 aromatic carbocycles. The van der Waals surface area contributed by atoms with E-state index >= 15 is 0 Å². The number of carbonyl (C=O) groups is 1. The van der Waals surface area contributed by atoms with Crippen LogP contribution in [0.4, 0.5) is 18.9 Å². The average Bonchev–Trinajstić information content (AvgIpc) is 2.24. The molecule has 0 heterocycles. The van der Waals surface area contributed by atoms with Crippen LogP contribution in [-0.2, 0) is 11.0 Å². The fourth-order valence-electron chi connectivity index (χ4n) is 1.99. The molecule has 1 aliphatic rings. The molecule has 0 saturated heterocycles. The number of nitrogens with one attached hydrogen (secondary N) is 1. The summed E-state index contributed by atoms with van der Waals surface area (Å²) in [4.78, 5) is 11.4. The number of amides is 1. The second kappa shape index (κ2) is 5.40. The average molecular weight is 302 g/mol. The lowest BCUT2D eigenvalue weighted by Gasteiger charge is -2.24. The van der Waals surface area contributed by atoms with Crippen molar-refractivity contribution < 1.29 is 18.0 Å². The number of hydrogen-bond acceptors (Lipinski definition) is 2. The van der Waals surface area contributed by atoms with Crippen LogP contribution in [0.3, 0.4) is 0 Å². The summed E-state index contributed by atoms with van der Waals surface area (Å²) < 4.78 is 38.8. The number of benzene rings is 1. The lowest BCUT2D eigenvalue weighted by atomic mass is 9.85. The Labute approximate surface area is 119 Å². The van der Waals surface area contributed by atoms with Crippen LogP contribution in [0.5, 0.6) is 0 Å². The Morgan fingerprint density at radius 2 is 2.00 bits per heavy atom. The molecule has 1 aliphatic carbocycles. The van der Waals surface area contributed by atoms with E-state index in [9.17, 15) is 18.0 Å². The highest BCUT2D eigenvalue weighted by atomic mass is 32.1. The Kier molecular flexibility index (Phi) is 3.99. The van der Waals surface area contributed by atoms with Crippen LogP contribution < -0.4 is 11.1 Å². The SMILES string of the molecule is NC(=S)c1ccc(NC(=O)C2CCC2)cc1C(F)(F)F. The molecular weight excluding hydrogens is 289 g/mol. The summed E-state index contributed by atoms with van der Waals surface area (Å²) >= 11 is 4.61. The van der Waals surface area contributed by atoms with Gasteiger partial charge in [-0.25, -0.2) is 0 Å². The molecule has 3 nitrogen and oxygen atoms in total. The maximum Gasteiger partial charge on any atom is 0.417 e. The van der Waals surface area contributed by atoms with E-state index in [1.54, 1.807) is 0 Å². The summed E-state index contributed by atoms with van der Waals surface area (Å²) in [5.74, 6) is -0.341. The molecule has 0 atom stereocenters. The van der Waals surface area contributed by atoms with Crippen molar-refractivity contribution in [1.82, 2.24) is 0 Å². The number of hydrogen-bond donors (Lipinski definition) is 2. The molecule has 3 N–H and O–H groups in total. The molecule has 1 fully saturated rings. The Hall–Kier alpha value is -1.63. The summed E-state index contributed by atoms with van der Waals surface area (Å²) in [5.41, 5.74) is 4.22. The third kappa shape index (κ3) is 3.09. The minimum atomic E-state index is -4.57. The number of carbonyl (C=O) groups excluding carboxylic acids is 1. The van der Waals surface area contributed by atoms with Crippen molar-refractivity contribution in [2.24, 2.45) is 11.7 Å². The molecule has 0 bridgehead atoms. The van der Waals surface area contributed by atoms with E-state index in [0.29, 0.717) is 0 Å². The minimum Gasteiger partial charge on any atom is -0.389 e. The first kappa shape index (κ1) is 14.8. The summed E-state index contributed by atoms with van der Waals surface area (Å²) in [5, 5.41) is 2.50. The molecule has 7 heteroatoms. The van der Waals surface area contributed by atoms with E-state index < -0.39 is 11.7 Å².